The maximum Gasteiger partial charge on any atom is 0.248 e. The van der Waals surface area contributed by atoms with E-state index in [1.54, 1.807) is 0 Å². The van der Waals surface area contributed by atoms with Crippen LogP contribution in [0.25, 0.3) is 5.69 Å². The van der Waals surface area contributed by atoms with Gasteiger partial charge in [0.2, 0.25) is 6.33 Å². The number of rotatable bonds is 1. The van der Waals surface area contributed by atoms with Crippen molar-refractivity contribution >= 4 is 31.9 Å². The minimum absolute atomic E-state index is 1.07. The maximum atomic E-state index is 3.47. The number of aromatic nitrogens is 2. The van der Waals surface area contributed by atoms with Crippen LogP contribution in [0.3, 0.4) is 0 Å². The van der Waals surface area contributed by atoms with E-state index in [0.717, 1.165) is 14.6 Å². The second-order valence-corrected chi connectivity index (χ2v) is 4.95. The van der Waals surface area contributed by atoms with Gasteiger partial charge in [0.05, 0.1) is 7.05 Å². The molecule has 0 aliphatic carbocycles. The quantitative estimate of drug-likeness (QED) is 0.715. The number of benzene rings is 1. The smallest absolute Gasteiger partial charge is 0.239 e. The summed E-state index contributed by atoms with van der Waals surface area (Å²) in [6.45, 7) is 0. The molecule has 0 amide bonds. The summed E-state index contributed by atoms with van der Waals surface area (Å²) in [6, 6.07) is 6.17. The Morgan fingerprint density at radius 2 is 1.79 bits per heavy atom. The fourth-order valence-corrected chi connectivity index (χ4v) is 2.56. The van der Waals surface area contributed by atoms with Gasteiger partial charge in [0.15, 0.2) is 0 Å². The summed E-state index contributed by atoms with van der Waals surface area (Å²) >= 11 is 6.93. The molecule has 0 spiro atoms. The molecule has 0 bridgehead atoms. The highest BCUT2D eigenvalue weighted by Gasteiger charge is 2.05. The monoisotopic (exact) mass is 315 g/mol. The highest BCUT2D eigenvalue weighted by molar-refractivity contribution is 9.11. The van der Waals surface area contributed by atoms with Gasteiger partial charge >= 0.3 is 0 Å². The normalized spacial score (nSPS) is 10.5. The highest BCUT2D eigenvalue weighted by atomic mass is 79.9. The van der Waals surface area contributed by atoms with E-state index in [4.69, 9.17) is 0 Å². The zero-order valence-electron chi connectivity index (χ0n) is 7.61. The Balaban J connectivity index is 2.51. The standard InChI is InChI=1S/C10H9Br2N2/c1-13-2-3-14(7-13)10-5-8(11)4-9(12)6-10/h2-7H,1H3/q+1. The van der Waals surface area contributed by atoms with Gasteiger partial charge in [0.25, 0.3) is 0 Å². The molecule has 0 radical (unpaired) electrons. The van der Waals surface area contributed by atoms with Crippen LogP contribution >= 0.6 is 31.9 Å². The van der Waals surface area contributed by atoms with Crippen molar-refractivity contribution in [1.29, 1.82) is 0 Å². The number of imidazole rings is 1. The van der Waals surface area contributed by atoms with E-state index in [1.165, 1.54) is 0 Å². The van der Waals surface area contributed by atoms with Gasteiger partial charge in [-0.2, -0.15) is 0 Å². The van der Waals surface area contributed by atoms with Crippen LogP contribution in [0.4, 0.5) is 0 Å². The second kappa shape index (κ2) is 3.87. The van der Waals surface area contributed by atoms with E-state index < -0.39 is 0 Å². The van der Waals surface area contributed by atoms with Gasteiger partial charge in [0, 0.05) is 8.95 Å². The zero-order valence-corrected chi connectivity index (χ0v) is 10.8. The molecule has 0 fully saturated rings. The Labute approximate surface area is 99.4 Å². The molecule has 14 heavy (non-hydrogen) atoms. The Morgan fingerprint density at radius 1 is 1.14 bits per heavy atom. The van der Waals surface area contributed by atoms with E-state index in [2.05, 4.69) is 48.6 Å². The van der Waals surface area contributed by atoms with Crippen LogP contribution in [-0.2, 0) is 7.05 Å². The average Bonchev–Trinajstić information content (AvgIpc) is 2.50. The van der Waals surface area contributed by atoms with Gasteiger partial charge in [-0.05, 0) is 18.2 Å². The molecule has 0 saturated heterocycles. The second-order valence-electron chi connectivity index (χ2n) is 3.11. The van der Waals surface area contributed by atoms with Crippen LogP contribution in [0.5, 0.6) is 0 Å². The molecule has 72 valence electrons. The van der Waals surface area contributed by atoms with E-state index in [-0.39, 0.29) is 0 Å². The van der Waals surface area contributed by atoms with Crippen LogP contribution in [-0.4, -0.2) is 4.57 Å². The zero-order chi connectivity index (χ0) is 10.1. The molecule has 2 nitrogen and oxygen atoms in total. The van der Waals surface area contributed by atoms with Crippen molar-refractivity contribution in [1.82, 2.24) is 4.57 Å². The van der Waals surface area contributed by atoms with E-state index in [1.807, 2.05) is 36.4 Å². The number of aryl methyl sites for hydroxylation is 1. The predicted octanol–water partition coefficient (Wildman–Crippen LogP) is 2.83. The lowest BCUT2D eigenvalue weighted by molar-refractivity contribution is -0.670. The van der Waals surface area contributed by atoms with Crippen molar-refractivity contribution in [2.24, 2.45) is 7.05 Å². The SMILES string of the molecule is C[n+]1ccn(-c2cc(Br)cc(Br)c2)c1. The third kappa shape index (κ3) is 2.07. The largest absolute Gasteiger partial charge is 0.248 e. The van der Waals surface area contributed by atoms with Crippen molar-refractivity contribution in [2.75, 3.05) is 0 Å². The molecule has 4 heteroatoms. The van der Waals surface area contributed by atoms with Gasteiger partial charge in [0.1, 0.15) is 18.1 Å². The first-order chi connectivity index (χ1) is 6.65. The highest BCUT2D eigenvalue weighted by Crippen LogP contribution is 2.22. The van der Waals surface area contributed by atoms with Crippen LogP contribution in [0, 0.1) is 0 Å². The molecule has 1 aromatic heterocycles. The van der Waals surface area contributed by atoms with Crippen LogP contribution in [0.2, 0.25) is 0 Å². The third-order valence-corrected chi connectivity index (χ3v) is 2.83. The molecule has 0 aliphatic rings. The summed E-state index contributed by atoms with van der Waals surface area (Å²) in [6.07, 6.45) is 6.05. The predicted molar refractivity (Wildman–Crippen MR) is 62.3 cm³/mol. The molecular formula is C10H9Br2N2+. The number of nitrogens with zero attached hydrogens (tertiary/aromatic N) is 2. The van der Waals surface area contributed by atoms with Gasteiger partial charge in [-0.3, -0.25) is 0 Å². The van der Waals surface area contributed by atoms with Crippen LogP contribution in [0.15, 0.2) is 45.9 Å². The summed E-state index contributed by atoms with van der Waals surface area (Å²) in [5.41, 5.74) is 1.13. The Morgan fingerprint density at radius 3 is 2.29 bits per heavy atom. The summed E-state index contributed by atoms with van der Waals surface area (Å²) in [5, 5.41) is 0. The summed E-state index contributed by atoms with van der Waals surface area (Å²) in [5.74, 6) is 0. The van der Waals surface area contributed by atoms with E-state index in [9.17, 15) is 0 Å². The molecule has 0 aliphatic heterocycles. The van der Waals surface area contributed by atoms with Crippen molar-refractivity contribution in [3.63, 3.8) is 0 Å². The minimum atomic E-state index is 1.07. The topological polar surface area (TPSA) is 8.81 Å². The molecule has 2 aromatic rings. The van der Waals surface area contributed by atoms with Crippen molar-refractivity contribution in [3.05, 3.63) is 45.9 Å². The first kappa shape index (κ1) is 9.93. The van der Waals surface area contributed by atoms with Gasteiger partial charge < -0.3 is 0 Å². The molecular weight excluding hydrogens is 308 g/mol. The lowest BCUT2D eigenvalue weighted by Gasteiger charge is -1.98. The van der Waals surface area contributed by atoms with Gasteiger partial charge in [-0.15, -0.1) is 0 Å². The summed E-state index contributed by atoms with van der Waals surface area (Å²) in [7, 11) is 2.00. The minimum Gasteiger partial charge on any atom is -0.239 e. The maximum absolute atomic E-state index is 3.47. The summed E-state index contributed by atoms with van der Waals surface area (Å²) in [4.78, 5) is 0. The Kier molecular flexibility index (Phi) is 2.74. The van der Waals surface area contributed by atoms with E-state index in [0.29, 0.717) is 0 Å². The lowest BCUT2D eigenvalue weighted by atomic mass is 10.3. The average molecular weight is 317 g/mol. The van der Waals surface area contributed by atoms with Gasteiger partial charge in [-0.25, -0.2) is 9.13 Å². The number of hydrogen-bond donors (Lipinski definition) is 0. The molecule has 0 saturated carbocycles. The molecule has 1 aromatic carbocycles. The fourth-order valence-electron chi connectivity index (χ4n) is 1.29. The van der Waals surface area contributed by atoms with Crippen LogP contribution in [0.1, 0.15) is 0 Å². The van der Waals surface area contributed by atoms with Crippen molar-refractivity contribution in [3.8, 4) is 5.69 Å². The number of halogens is 2. The third-order valence-electron chi connectivity index (χ3n) is 1.91. The van der Waals surface area contributed by atoms with Crippen molar-refractivity contribution in [2.45, 2.75) is 0 Å². The van der Waals surface area contributed by atoms with Crippen molar-refractivity contribution < 1.29 is 4.57 Å². The van der Waals surface area contributed by atoms with E-state index >= 15 is 0 Å². The first-order valence-corrected chi connectivity index (χ1v) is 5.73. The summed E-state index contributed by atoms with van der Waals surface area (Å²) < 4.78 is 6.21. The Hall–Kier alpha value is -0.610. The molecule has 0 atom stereocenters. The molecule has 0 unspecified atom stereocenters. The van der Waals surface area contributed by atoms with Gasteiger partial charge in [-0.1, -0.05) is 31.9 Å². The molecule has 2 rings (SSSR count). The molecule has 0 N–H and O–H groups in total. The molecule has 1 heterocycles. The Bertz CT molecular complexity index is 443. The number of hydrogen-bond acceptors (Lipinski definition) is 0. The lowest BCUT2D eigenvalue weighted by Crippen LogP contribution is -2.23. The fraction of sp³-hybridized carbons (Fsp3) is 0.100. The van der Waals surface area contributed by atoms with Crippen LogP contribution < -0.4 is 4.57 Å². The first-order valence-electron chi connectivity index (χ1n) is 4.15.